The zero-order chi connectivity index (χ0) is 13.0. The van der Waals surface area contributed by atoms with E-state index in [0.29, 0.717) is 0 Å². The Morgan fingerprint density at radius 3 is 2.35 bits per heavy atom. The van der Waals surface area contributed by atoms with Crippen molar-refractivity contribution in [2.24, 2.45) is 0 Å². The van der Waals surface area contributed by atoms with Crippen LogP contribution in [0.25, 0.3) is 0 Å². The second kappa shape index (κ2) is 5.38. The average molecular weight is 244 g/mol. The fourth-order valence-corrected chi connectivity index (χ4v) is 1.22. The lowest BCUT2D eigenvalue weighted by Gasteiger charge is -2.06. The van der Waals surface area contributed by atoms with Gasteiger partial charge >= 0.3 is 5.97 Å². The van der Waals surface area contributed by atoms with E-state index in [0.717, 1.165) is 19.2 Å². The summed E-state index contributed by atoms with van der Waals surface area (Å²) in [7, 11) is 2.22. The van der Waals surface area contributed by atoms with Gasteiger partial charge in [-0.3, -0.25) is 4.79 Å². The maximum absolute atomic E-state index is 13.4. The van der Waals surface area contributed by atoms with Crippen LogP contribution >= 0.6 is 0 Å². The van der Waals surface area contributed by atoms with E-state index in [9.17, 15) is 18.4 Å². The van der Waals surface area contributed by atoms with Crippen molar-refractivity contribution in [2.45, 2.75) is 6.42 Å². The molecule has 92 valence electrons. The van der Waals surface area contributed by atoms with Gasteiger partial charge in [-0.05, 0) is 11.6 Å². The quantitative estimate of drug-likeness (QED) is 0.591. The molecule has 0 unspecified atom stereocenters. The Kier molecular flexibility index (Phi) is 4.14. The number of carbonyl (C=O) groups is 2. The fourth-order valence-electron chi connectivity index (χ4n) is 1.22. The van der Waals surface area contributed by atoms with Gasteiger partial charge in [0.25, 0.3) is 0 Å². The molecule has 17 heavy (non-hydrogen) atoms. The minimum atomic E-state index is -1.10. The second-order valence-electron chi connectivity index (χ2n) is 3.17. The van der Waals surface area contributed by atoms with Gasteiger partial charge < -0.3 is 9.47 Å². The Morgan fingerprint density at radius 2 is 1.82 bits per heavy atom. The molecule has 0 aromatic heterocycles. The van der Waals surface area contributed by atoms with Crippen LogP contribution in [0.1, 0.15) is 5.56 Å². The van der Waals surface area contributed by atoms with Gasteiger partial charge in [-0.2, -0.15) is 0 Å². The lowest BCUT2D eigenvalue weighted by Crippen LogP contribution is -2.18. The molecule has 0 radical (unpaired) electrons. The lowest BCUT2D eigenvalue weighted by molar-refractivity contribution is -0.151. The van der Waals surface area contributed by atoms with E-state index >= 15 is 0 Å². The van der Waals surface area contributed by atoms with Crippen LogP contribution in [0.4, 0.5) is 8.78 Å². The first-order valence-electron chi connectivity index (χ1n) is 4.62. The first kappa shape index (κ1) is 13.1. The fraction of sp³-hybridized carbons (Fsp3) is 0.273. The summed E-state index contributed by atoms with van der Waals surface area (Å²) >= 11 is 0. The molecule has 0 saturated carbocycles. The molecule has 4 nitrogen and oxygen atoms in total. The van der Waals surface area contributed by atoms with E-state index in [-0.39, 0.29) is 11.3 Å². The topological polar surface area (TPSA) is 52.6 Å². The van der Waals surface area contributed by atoms with Crippen LogP contribution in [0, 0.1) is 11.6 Å². The molecule has 0 fully saturated rings. The van der Waals surface area contributed by atoms with Crippen molar-refractivity contribution in [2.75, 3.05) is 14.2 Å². The summed E-state index contributed by atoms with van der Waals surface area (Å²) in [6, 6.07) is 1.63. The molecule has 0 N–H and O–H groups in total. The van der Waals surface area contributed by atoms with Crippen molar-refractivity contribution in [3.8, 4) is 5.75 Å². The molecule has 0 heterocycles. The summed E-state index contributed by atoms with van der Waals surface area (Å²) in [6.07, 6.45) is -0.556. The van der Waals surface area contributed by atoms with Gasteiger partial charge in [0.2, 0.25) is 5.78 Å². The SMILES string of the molecule is COC(=O)C(=O)Cc1cc(F)c(OC)cc1F. The normalized spacial score (nSPS) is 9.88. The molecule has 0 spiro atoms. The van der Waals surface area contributed by atoms with Crippen molar-refractivity contribution in [3.05, 3.63) is 29.3 Å². The summed E-state index contributed by atoms with van der Waals surface area (Å²) < 4.78 is 35.4. The number of ether oxygens (including phenoxy) is 2. The van der Waals surface area contributed by atoms with E-state index in [1.54, 1.807) is 0 Å². The Morgan fingerprint density at radius 1 is 1.18 bits per heavy atom. The third-order valence-electron chi connectivity index (χ3n) is 2.08. The number of esters is 1. The second-order valence-corrected chi connectivity index (χ2v) is 3.17. The number of methoxy groups -OCH3 is 2. The third-order valence-corrected chi connectivity index (χ3v) is 2.08. The molecule has 1 aromatic carbocycles. The number of hydrogen-bond donors (Lipinski definition) is 0. The number of rotatable bonds is 4. The van der Waals surface area contributed by atoms with Gasteiger partial charge in [-0.15, -0.1) is 0 Å². The molecule has 0 bridgehead atoms. The zero-order valence-corrected chi connectivity index (χ0v) is 9.25. The summed E-state index contributed by atoms with van der Waals surface area (Å²) in [5.41, 5.74) is -0.223. The van der Waals surface area contributed by atoms with Gasteiger partial charge in [0.15, 0.2) is 11.6 Å². The Labute approximate surface area is 96.1 Å². The van der Waals surface area contributed by atoms with E-state index in [4.69, 9.17) is 0 Å². The lowest BCUT2D eigenvalue weighted by atomic mass is 10.1. The van der Waals surface area contributed by atoms with Gasteiger partial charge in [-0.1, -0.05) is 0 Å². The number of benzene rings is 1. The standard InChI is InChI=1S/C11H10F2O4/c1-16-10-5-7(12)6(3-8(10)13)4-9(14)11(15)17-2/h3,5H,4H2,1-2H3. The third kappa shape index (κ3) is 2.99. The molecular weight excluding hydrogens is 234 g/mol. The number of carbonyl (C=O) groups excluding carboxylic acids is 2. The number of hydrogen-bond acceptors (Lipinski definition) is 4. The number of halogens is 2. The molecule has 0 aliphatic heterocycles. The Balaban J connectivity index is 2.96. The van der Waals surface area contributed by atoms with E-state index in [1.165, 1.54) is 7.11 Å². The zero-order valence-electron chi connectivity index (χ0n) is 9.25. The molecule has 1 aromatic rings. The molecule has 0 aliphatic carbocycles. The highest BCUT2D eigenvalue weighted by molar-refractivity contribution is 6.34. The van der Waals surface area contributed by atoms with Gasteiger partial charge in [0, 0.05) is 12.5 Å². The summed E-state index contributed by atoms with van der Waals surface area (Å²) in [5.74, 6) is -3.93. The van der Waals surface area contributed by atoms with Crippen LogP contribution in [0.2, 0.25) is 0 Å². The monoisotopic (exact) mass is 244 g/mol. The maximum atomic E-state index is 13.4. The summed E-state index contributed by atoms with van der Waals surface area (Å²) in [6.45, 7) is 0. The van der Waals surface area contributed by atoms with Crippen LogP contribution in [0.5, 0.6) is 5.75 Å². The highest BCUT2D eigenvalue weighted by atomic mass is 19.1. The molecule has 0 amide bonds. The van der Waals surface area contributed by atoms with Crippen LogP contribution in [-0.4, -0.2) is 26.0 Å². The first-order valence-corrected chi connectivity index (χ1v) is 4.62. The molecule has 1 rings (SSSR count). The smallest absolute Gasteiger partial charge is 0.374 e. The first-order chi connectivity index (χ1) is 7.99. The predicted octanol–water partition coefficient (Wildman–Crippen LogP) is 1.26. The highest BCUT2D eigenvalue weighted by Gasteiger charge is 2.18. The van der Waals surface area contributed by atoms with Crippen molar-refractivity contribution in [3.63, 3.8) is 0 Å². The van der Waals surface area contributed by atoms with Gasteiger partial charge in [0.1, 0.15) is 5.82 Å². The highest BCUT2D eigenvalue weighted by Crippen LogP contribution is 2.21. The minimum absolute atomic E-state index is 0.223. The average Bonchev–Trinajstić information content (AvgIpc) is 2.32. The van der Waals surface area contributed by atoms with Gasteiger partial charge in [0.05, 0.1) is 14.2 Å². The van der Waals surface area contributed by atoms with Crippen LogP contribution in [0.3, 0.4) is 0 Å². The van der Waals surface area contributed by atoms with E-state index in [2.05, 4.69) is 9.47 Å². The molecule has 0 saturated heterocycles. The van der Waals surface area contributed by atoms with Crippen molar-refractivity contribution in [1.82, 2.24) is 0 Å². The van der Waals surface area contributed by atoms with Crippen LogP contribution < -0.4 is 4.74 Å². The van der Waals surface area contributed by atoms with Crippen LogP contribution in [0.15, 0.2) is 12.1 Å². The summed E-state index contributed by atoms with van der Waals surface area (Å²) in [4.78, 5) is 22.0. The maximum Gasteiger partial charge on any atom is 0.374 e. The minimum Gasteiger partial charge on any atom is -0.494 e. The number of ketones is 1. The van der Waals surface area contributed by atoms with Crippen molar-refractivity contribution < 1.29 is 27.8 Å². The van der Waals surface area contributed by atoms with Gasteiger partial charge in [-0.25, -0.2) is 13.6 Å². The van der Waals surface area contributed by atoms with Crippen molar-refractivity contribution >= 4 is 11.8 Å². The predicted molar refractivity (Wildman–Crippen MR) is 53.6 cm³/mol. The Bertz CT molecular complexity index is 457. The van der Waals surface area contributed by atoms with Crippen LogP contribution in [-0.2, 0) is 20.7 Å². The Hall–Kier alpha value is -1.98. The summed E-state index contributed by atoms with van der Waals surface area (Å²) in [5, 5.41) is 0. The molecule has 0 atom stereocenters. The molecular formula is C11H10F2O4. The van der Waals surface area contributed by atoms with Crippen molar-refractivity contribution in [1.29, 1.82) is 0 Å². The van der Waals surface area contributed by atoms with E-state index < -0.39 is 29.8 Å². The molecule has 0 aliphatic rings. The van der Waals surface area contributed by atoms with E-state index in [1.807, 2.05) is 0 Å². The largest absolute Gasteiger partial charge is 0.494 e. The molecule has 6 heteroatoms. The number of Topliss-reactive ketones (excluding diaryl/α,β-unsaturated/α-hetero) is 1.